The van der Waals surface area contributed by atoms with Gasteiger partial charge in [-0.2, -0.15) is 0 Å². The lowest BCUT2D eigenvalue weighted by atomic mass is 10.1. The van der Waals surface area contributed by atoms with E-state index >= 15 is 0 Å². The molecule has 0 atom stereocenters. The van der Waals surface area contributed by atoms with E-state index in [-0.39, 0.29) is 0 Å². The number of nitrogens with zero attached hydrogens (tertiary/aromatic N) is 3. The SMILES string of the molecule is C=CCNc1nnc(SCc2cc3ccc(C)cc3nc2Cl)s1. The molecule has 1 N–H and O–H groups in total. The molecule has 0 unspecified atom stereocenters. The van der Waals surface area contributed by atoms with Gasteiger partial charge >= 0.3 is 0 Å². The topological polar surface area (TPSA) is 50.7 Å². The first-order valence-corrected chi connectivity index (χ1v) is 9.20. The third kappa shape index (κ3) is 4.02. The maximum absolute atomic E-state index is 6.32. The minimum absolute atomic E-state index is 0.546. The van der Waals surface area contributed by atoms with Crippen LogP contribution in [0.1, 0.15) is 11.1 Å². The average molecular weight is 363 g/mol. The molecule has 23 heavy (non-hydrogen) atoms. The minimum Gasteiger partial charge on any atom is -0.357 e. The first-order chi connectivity index (χ1) is 11.2. The van der Waals surface area contributed by atoms with E-state index < -0.39 is 0 Å². The van der Waals surface area contributed by atoms with Gasteiger partial charge in [-0.1, -0.05) is 52.9 Å². The van der Waals surface area contributed by atoms with Crippen LogP contribution in [-0.4, -0.2) is 21.7 Å². The highest BCUT2D eigenvalue weighted by molar-refractivity contribution is 8.00. The second kappa shape index (κ2) is 7.29. The summed E-state index contributed by atoms with van der Waals surface area (Å²) in [5.74, 6) is 0.714. The summed E-state index contributed by atoms with van der Waals surface area (Å²) in [4.78, 5) is 4.49. The number of fused-ring (bicyclic) bond motifs is 1. The number of aryl methyl sites for hydroxylation is 1. The first kappa shape index (κ1) is 16.2. The lowest BCUT2D eigenvalue weighted by molar-refractivity contribution is 1.01. The molecule has 0 aliphatic heterocycles. The van der Waals surface area contributed by atoms with E-state index in [4.69, 9.17) is 11.6 Å². The zero-order valence-corrected chi connectivity index (χ0v) is 14.9. The van der Waals surface area contributed by atoms with Crippen LogP contribution in [0.15, 0.2) is 41.3 Å². The summed E-state index contributed by atoms with van der Waals surface area (Å²) < 4.78 is 0.900. The summed E-state index contributed by atoms with van der Waals surface area (Å²) in [6.07, 6.45) is 1.79. The van der Waals surface area contributed by atoms with Crippen LogP contribution in [0.2, 0.25) is 5.15 Å². The van der Waals surface area contributed by atoms with Gasteiger partial charge in [-0.3, -0.25) is 0 Å². The van der Waals surface area contributed by atoms with Crippen LogP contribution in [-0.2, 0) is 5.75 Å². The second-order valence-electron chi connectivity index (χ2n) is 4.97. The summed E-state index contributed by atoms with van der Waals surface area (Å²) in [5, 5.41) is 13.8. The fraction of sp³-hybridized carbons (Fsp3) is 0.188. The van der Waals surface area contributed by atoms with Crippen molar-refractivity contribution in [2.45, 2.75) is 17.0 Å². The number of anilines is 1. The molecule has 0 fully saturated rings. The van der Waals surface area contributed by atoms with Crippen molar-refractivity contribution in [3.63, 3.8) is 0 Å². The maximum atomic E-state index is 6.32. The fourth-order valence-electron chi connectivity index (χ4n) is 2.04. The maximum Gasteiger partial charge on any atom is 0.206 e. The Labute approximate surface area is 148 Å². The Bertz CT molecular complexity index is 847. The Balaban J connectivity index is 1.73. The van der Waals surface area contributed by atoms with Crippen LogP contribution in [0.5, 0.6) is 0 Å². The minimum atomic E-state index is 0.546. The molecule has 2 aromatic heterocycles. The van der Waals surface area contributed by atoms with Crippen molar-refractivity contribution in [1.29, 1.82) is 0 Å². The van der Waals surface area contributed by atoms with Gasteiger partial charge in [-0.05, 0) is 24.6 Å². The predicted molar refractivity (Wildman–Crippen MR) is 99.6 cm³/mol. The van der Waals surface area contributed by atoms with Crippen LogP contribution in [0, 0.1) is 6.92 Å². The lowest BCUT2D eigenvalue weighted by Gasteiger charge is -2.05. The number of aromatic nitrogens is 3. The second-order valence-corrected chi connectivity index (χ2v) is 7.52. The van der Waals surface area contributed by atoms with E-state index in [0.717, 1.165) is 25.9 Å². The molecule has 2 heterocycles. The van der Waals surface area contributed by atoms with Crippen molar-refractivity contribution >= 4 is 50.7 Å². The average Bonchev–Trinajstić information content (AvgIpc) is 2.99. The number of hydrogen-bond donors (Lipinski definition) is 1. The third-order valence-corrected chi connectivity index (χ3v) is 5.54. The molecule has 0 bridgehead atoms. The van der Waals surface area contributed by atoms with Gasteiger partial charge in [-0.15, -0.1) is 16.8 Å². The van der Waals surface area contributed by atoms with Gasteiger partial charge in [0.1, 0.15) is 5.15 Å². The van der Waals surface area contributed by atoms with Crippen molar-refractivity contribution in [3.8, 4) is 0 Å². The van der Waals surface area contributed by atoms with Gasteiger partial charge in [0.05, 0.1) is 5.52 Å². The smallest absolute Gasteiger partial charge is 0.206 e. The molecule has 0 saturated heterocycles. The van der Waals surface area contributed by atoms with Gasteiger partial charge in [0.25, 0.3) is 0 Å². The first-order valence-electron chi connectivity index (χ1n) is 7.02. The van der Waals surface area contributed by atoms with E-state index in [1.807, 2.05) is 13.0 Å². The van der Waals surface area contributed by atoms with E-state index in [2.05, 4.69) is 45.3 Å². The molecular formula is C16H15ClN4S2. The highest BCUT2D eigenvalue weighted by Gasteiger charge is 2.09. The van der Waals surface area contributed by atoms with Crippen LogP contribution >= 0.6 is 34.7 Å². The number of halogens is 1. The van der Waals surface area contributed by atoms with E-state index in [1.54, 1.807) is 17.8 Å². The summed E-state index contributed by atoms with van der Waals surface area (Å²) in [5.41, 5.74) is 3.11. The predicted octanol–water partition coefficient (Wildman–Crippen LogP) is 4.94. The zero-order valence-electron chi connectivity index (χ0n) is 12.5. The highest BCUT2D eigenvalue weighted by Crippen LogP contribution is 2.31. The van der Waals surface area contributed by atoms with Gasteiger partial charge in [0.2, 0.25) is 5.13 Å². The Morgan fingerprint density at radius 2 is 2.22 bits per heavy atom. The molecular weight excluding hydrogens is 348 g/mol. The number of hydrogen-bond acceptors (Lipinski definition) is 6. The molecule has 0 spiro atoms. The summed E-state index contributed by atoms with van der Waals surface area (Å²) in [6, 6.07) is 8.29. The van der Waals surface area contributed by atoms with Crippen molar-refractivity contribution in [2.75, 3.05) is 11.9 Å². The quantitative estimate of drug-likeness (QED) is 0.382. The van der Waals surface area contributed by atoms with Crippen molar-refractivity contribution in [2.24, 2.45) is 0 Å². The van der Waals surface area contributed by atoms with Crippen LogP contribution in [0.3, 0.4) is 0 Å². The van der Waals surface area contributed by atoms with Gasteiger partial charge in [-0.25, -0.2) is 4.98 Å². The summed E-state index contributed by atoms with van der Waals surface area (Å²) >= 11 is 9.45. The van der Waals surface area contributed by atoms with Gasteiger partial charge < -0.3 is 5.32 Å². The lowest BCUT2D eigenvalue weighted by Crippen LogP contribution is -1.96. The monoisotopic (exact) mass is 362 g/mol. The summed E-state index contributed by atoms with van der Waals surface area (Å²) in [6.45, 7) is 6.39. The Morgan fingerprint density at radius 3 is 3.04 bits per heavy atom. The number of rotatable bonds is 6. The molecule has 118 valence electrons. The van der Waals surface area contributed by atoms with Crippen LogP contribution in [0.4, 0.5) is 5.13 Å². The molecule has 4 nitrogen and oxygen atoms in total. The van der Waals surface area contributed by atoms with Crippen LogP contribution in [0.25, 0.3) is 10.9 Å². The van der Waals surface area contributed by atoms with Crippen molar-refractivity contribution in [3.05, 3.63) is 53.2 Å². The molecule has 7 heteroatoms. The summed E-state index contributed by atoms with van der Waals surface area (Å²) in [7, 11) is 0. The number of pyridine rings is 1. The molecule has 1 aromatic carbocycles. The highest BCUT2D eigenvalue weighted by atomic mass is 35.5. The van der Waals surface area contributed by atoms with Crippen LogP contribution < -0.4 is 5.32 Å². The number of benzene rings is 1. The van der Waals surface area contributed by atoms with E-state index in [1.165, 1.54) is 16.9 Å². The fourth-order valence-corrected chi connectivity index (χ4v) is 4.06. The zero-order chi connectivity index (χ0) is 16.2. The molecule has 0 aliphatic rings. The van der Waals surface area contributed by atoms with Crippen molar-refractivity contribution in [1.82, 2.24) is 15.2 Å². The standard InChI is InChI=1S/C16H15ClN4S2/c1-3-6-18-15-20-21-16(23-15)22-9-12-8-11-5-4-10(2)7-13(11)19-14(12)17/h3-5,7-8H,1,6,9H2,2H3,(H,18,20). The Kier molecular flexibility index (Phi) is 5.15. The van der Waals surface area contributed by atoms with E-state index in [0.29, 0.717) is 17.5 Å². The molecule has 0 amide bonds. The Morgan fingerprint density at radius 1 is 1.35 bits per heavy atom. The number of nitrogens with one attached hydrogen (secondary N) is 1. The third-order valence-electron chi connectivity index (χ3n) is 3.15. The molecule has 3 aromatic rings. The number of thioether (sulfide) groups is 1. The normalized spacial score (nSPS) is 10.9. The molecule has 3 rings (SSSR count). The largest absolute Gasteiger partial charge is 0.357 e. The van der Waals surface area contributed by atoms with E-state index in [9.17, 15) is 0 Å². The molecule has 0 saturated carbocycles. The van der Waals surface area contributed by atoms with Gasteiger partial charge in [0.15, 0.2) is 4.34 Å². The Hall–Kier alpha value is -1.63. The molecule has 0 aliphatic carbocycles. The van der Waals surface area contributed by atoms with Gasteiger partial charge in [0, 0.05) is 23.2 Å². The molecule has 0 radical (unpaired) electrons. The van der Waals surface area contributed by atoms with Crippen molar-refractivity contribution < 1.29 is 0 Å².